The van der Waals surface area contributed by atoms with Crippen molar-refractivity contribution in [2.24, 2.45) is 0 Å². The first-order chi connectivity index (χ1) is 17.6. The van der Waals surface area contributed by atoms with E-state index >= 15 is 0 Å². The number of methoxy groups -OCH3 is 2. The number of halogens is 3. The van der Waals surface area contributed by atoms with Gasteiger partial charge in [0, 0.05) is 12.7 Å². The lowest BCUT2D eigenvalue weighted by atomic mass is 10.1. The van der Waals surface area contributed by atoms with Gasteiger partial charge >= 0.3 is 18.1 Å². The molecule has 0 saturated heterocycles. The zero-order valence-electron chi connectivity index (χ0n) is 21.2. The molecule has 2 aromatic carbocycles. The van der Waals surface area contributed by atoms with Crippen molar-refractivity contribution in [3.63, 3.8) is 0 Å². The molecule has 2 N–H and O–H groups in total. The summed E-state index contributed by atoms with van der Waals surface area (Å²) in [5.74, 6) is -0.656. The van der Waals surface area contributed by atoms with Crippen LogP contribution in [0.5, 0.6) is 11.5 Å². The van der Waals surface area contributed by atoms with E-state index in [9.17, 15) is 22.8 Å². The molecule has 0 amide bonds. The molecular formula is C26H31F3N2O6. The van der Waals surface area contributed by atoms with Crippen molar-refractivity contribution >= 4 is 23.3 Å². The van der Waals surface area contributed by atoms with Gasteiger partial charge < -0.3 is 29.6 Å². The Kier molecular flexibility index (Phi) is 11.1. The molecule has 0 spiro atoms. The number of esters is 2. The Morgan fingerprint density at radius 3 is 2.05 bits per heavy atom. The van der Waals surface area contributed by atoms with Gasteiger partial charge in [-0.05, 0) is 55.7 Å². The van der Waals surface area contributed by atoms with Gasteiger partial charge in [-0.1, -0.05) is 12.1 Å². The first kappa shape index (κ1) is 29.3. The minimum absolute atomic E-state index is 0.00246. The van der Waals surface area contributed by atoms with Crippen molar-refractivity contribution in [2.75, 3.05) is 44.6 Å². The number of alkyl halides is 3. The van der Waals surface area contributed by atoms with Gasteiger partial charge in [-0.3, -0.25) is 0 Å². The Labute approximate surface area is 213 Å². The number of nitrogens with one attached hydrogen (secondary N) is 2. The summed E-state index contributed by atoms with van der Waals surface area (Å²) >= 11 is 0. The van der Waals surface area contributed by atoms with E-state index in [1.165, 1.54) is 25.3 Å². The largest absolute Gasteiger partial charge is 0.493 e. The van der Waals surface area contributed by atoms with Crippen LogP contribution in [0.1, 0.15) is 25.0 Å². The van der Waals surface area contributed by atoms with E-state index in [1.54, 1.807) is 27.0 Å². The SMILES string of the molecule is CCOC(=O)C(=CNc1cc(CC(F)(F)F)ccc1NCCc1ccc(OC)c(OC)c1)C(=O)OCC. The number of rotatable bonds is 13. The van der Waals surface area contributed by atoms with Crippen LogP contribution in [0.3, 0.4) is 0 Å². The van der Waals surface area contributed by atoms with Gasteiger partial charge in [0.15, 0.2) is 17.1 Å². The maximum Gasteiger partial charge on any atom is 0.393 e. The summed E-state index contributed by atoms with van der Waals surface area (Å²) in [6.07, 6.45) is -3.91. The molecule has 0 radical (unpaired) electrons. The molecule has 2 aromatic rings. The van der Waals surface area contributed by atoms with Crippen molar-refractivity contribution in [2.45, 2.75) is 32.9 Å². The minimum atomic E-state index is -4.41. The molecule has 0 aliphatic carbocycles. The number of carbonyl (C=O) groups is 2. The average molecular weight is 525 g/mol. The average Bonchev–Trinajstić information content (AvgIpc) is 2.84. The lowest BCUT2D eigenvalue weighted by molar-refractivity contribution is -0.146. The predicted molar refractivity (Wildman–Crippen MR) is 133 cm³/mol. The fourth-order valence-corrected chi connectivity index (χ4v) is 3.35. The molecule has 2 rings (SSSR count). The van der Waals surface area contributed by atoms with Gasteiger partial charge in [0.05, 0.1) is 45.2 Å². The van der Waals surface area contributed by atoms with Gasteiger partial charge in [0.25, 0.3) is 0 Å². The first-order valence-electron chi connectivity index (χ1n) is 11.6. The summed E-state index contributed by atoms with van der Waals surface area (Å²) in [6, 6.07) is 9.65. The maximum atomic E-state index is 13.0. The quantitative estimate of drug-likeness (QED) is 0.166. The molecule has 0 atom stereocenters. The van der Waals surface area contributed by atoms with Crippen LogP contribution in [0.2, 0.25) is 0 Å². The predicted octanol–water partition coefficient (Wildman–Crippen LogP) is 4.89. The molecule has 0 aliphatic rings. The minimum Gasteiger partial charge on any atom is -0.493 e. The molecule has 11 heteroatoms. The second-order valence-corrected chi connectivity index (χ2v) is 7.68. The van der Waals surface area contributed by atoms with E-state index in [4.69, 9.17) is 18.9 Å². The van der Waals surface area contributed by atoms with Gasteiger partial charge in [-0.25, -0.2) is 9.59 Å². The van der Waals surface area contributed by atoms with Crippen LogP contribution in [-0.4, -0.2) is 52.1 Å². The Balaban J connectivity index is 2.29. The summed E-state index contributed by atoms with van der Waals surface area (Å²) in [5.41, 5.74) is 1.24. The number of hydrogen-bond donors (Lipinski definition) is 2. The summed E-state index contributed by atoms with van der Waals surface area (Å²) in [6.45, 7) is 3.64. The molecule has 0 aromatic heterocycles. The fraction of sp³-hybridized carbons (Fsp3) is 0.385. The van der Waals surface area contributed by atoms with Gasteiger partial charge in [-0.2, -0.15) is 13.2 Å². The Morgan fingerprint density at radius 2 is 1.49 bits per heavy atom. The van der Waals surface area contributed by atoms with E-state index in [2.05, 4.69) is 10.6 Å². The van der Waals surface area contributed by atoms with Crippen LogP contribution in [-0.2, 0) is 31.9 Å². The summed E-state index contributed by atoms with van der Waals surface area (Å²) in [5, 5.41) is 5.94. The molecule has 0 fully saturated rings. The summed E-state index contributed by atoms with van der Waals surface area (Å²) in [7, 11) is 3.08. The van der Waals surface area contributed by atoms with E-state index in [-0.39, 0.29) is 24.5 Å². The standard InChI is InChI=1S/C26H31F3N2O6/c1-5-36-24(32)19(25(33)37-6-2)16-31-21-13-18(15-26(27,28)29)7-9-20(21)30-12-11-17-8-10-22(34-3)23(14-17)35-4/h7-10,13-14,16,30-31H,5-6,11-12,15H2,1-4H3. The molecular weight excluding hydrogens is 493 g/mol. The number of anilines is 2. The normalized spacial score (nSPS) is 10.8. The van der Waals surface area contributed by atoms with Gasteiger partial charge in [0.2, 0.25) is 0 Å². The van der Waals surface area contributed by atoms with Crippen LogP contribution >= 0.6 is 0 Å². The van der Waals surface area contributed by atoms with Crippen LogP contribution in [0.4, 0.5) is 24.5 Å². The van der Waals surface area contributed by atoms with Crippen LogP contribution in [0, 0.1) is 0 Å². The smallest absolute Gasteiger partial charge is 0.393 e. The first-order valence-corrected chi connectivity index (χ1v) is 11.6. The lowest BCUT2D eigenvalue weighted by Crippen LogP contribution is -2.19. The number of carbonyl (C=O) groups excluding carboxylic acids is 2. The number of ether oxygens (including phenoxy) is 4. The molecule has 0 heterocycles. The van der Waals surface area contributed by atoms with E-state index in [0.717, 1.165) is 11.8 Å². The molecule has 37 heavy (non-hydrogen) atoms. The Hall–Kier alpha value is -3.89. The molecule has 8 nitrogen and oxygen atoms in total. The fourth-order valence-electron chi connectivity index (χ4n) is 3.35. The summed E-state index contributed by atoms with van der Waals surface area (Å²) < 4.78 is 59.3. The van der Waals surface area contributed by atoms with Crippen molar-refractivity contribution in [1.29, 1.82) is 0 Å². The molecule has 0 saturated carbocycles. The van der Waals surface area contributed by atoms with E-state index in [1.807, 2.05) is 12.1 Å². The molecule has 0 unspecified atom stereocenters. The lowest BCUT2D eigenvalue weighted by Gasteiger charge is -2.16. The third-order valence-electron chi connectivity index (χ3n) is 5.03. The second kappa shape index (κ2) is 14.0. The molecule has 0 bridgehead atoms. The zero-order chi connectivity index (χ0) is 27.4. The summed E-state index contributed by atoms with van der Waals surface area (Å²) in [4.78, 5) is 24.5. The third-order valence-corrected chi connectivity index (χ3v) is 5.03. The van der Waals surface area contributed by atoms with Crippen molar-refractivity contribution in [3.05, 3.63) is 59.3 Å². The van der Waals surface area contributed by atoms with E-state index < -0.39 is 30.1 Å². The highest BCUT2D eigenvalue weighted by atomic mass is 19.4. The second-order valence-electron chi connectivity index (χ2n) is 7.68. The third kappa shape index (κ3) is 9.25. The highest BCUT2D eigenvalue weighted by Crippen LogP contribution is 2.30. The van der Waals surface area contributed by atoms with Crippen LogP contribution in [0.15, 0.2) is 48.2 Å². The maximum absolute atomic E-state index is 13.0. The van der Waals surface area contributed by atoms with Gasteiger partial charge in [0.1, 0.15) is 0 Å². The van der Waals surface area contributed by atoms with Gasteiger partial charge in [-0.15, -0.1) is 0 Å². The number of hydrogen-bond acceptors (Lipinski definition) is 8. The van der Waals surface area contributed by atoms with Crippen molar-refractivity contribution in [3.8, 4) is 11.5 Å². The highest BCUT2D eigenvalue weighted by molar-refractivity contribution is 6.14. The monoisotopic (exact) mass is 524 g/mol. The zero-order valence-corrected chi connectivity index (χ0v) is 21.2. The Morgan fingerprint density at radius 1 is 0.865 bits per heavy atom. The van der Waals surface area contributed by atoms with Crippen LogP contribution < -0.4 is 20.1 Å². The molecule has 202 valence electrons. The van der Waals surface area contributed by atoms with Crippen LogP contribution in [0.25, 0.3) is 0 Å². The number of benzene rings is 2. The Bertz CT molecular complexity index is 1080. The van der Waals surface area contributed by atoms with Crippen molar-refractivity contribution < 1.29 is 41.7 Å². The topological polar surface area (TPSA) is 95.1 Å². The van der Waals surface area contributed by atoms with Crippen molar-refractivity contribution in [1.82, 2.24) is 0 Å². The highest BCUT2D eigenvalue weighted by Gasteiger charge is 2.28. The van der Waals surface area contributed by atoms with E-state index in [0.29, 0.717) is 30.2 Å². The molecule has 0 aliphatic heterocycles.